The van der Waals surface area contributed by atoms with Gasteiger partial charge in [0.1, 0.15) is 0 Å². The van der Waals surface area contributed by atoms with Gasteiger partial charge < -0.3 is 15.8 Å². The van der Waals surface area contributed by atoms with Crippen molar-refractivity contribution in [2.45, 2.75) is 44.8 Å². The molecule has 20 heavy (non-hydrogen) atoms. The molecule has 110 valence electrons. The number of nitrogens with one attached hydrogen (secondary N) is 1. The number of amides is 1. The first kappa shape index (κ1) is 15.0. The molecule has 4 nitrogen and oxygen atoms in total. The van der Waals surface area contributed by atoms with E-state index in [1.54, 1.807) is 0 Å². The van der Waals surface area contributed by atoms with Crippen LogP contribution in [0.5, 0.6) is 0 Å². The second kappa shape index (κ2) is 6.37. The Morgan fingerprint density at radius 2 is 2.10 bits per heavy atom. The average molecular weight is 276 g/mol. The Balaban J connectivity index is 2.19. The van der Waals surface area contributed by atoms with Crippen molar-refractivity contribution in [3.05, 3.63) is 35.4 Å². The highest BCUT2D eigenvalue weighted by Gasteiger charge is 2.33. The molecule has 1 aliphatic rings. The lowest BCUT2D eigenvalue weighted by Crippen LogP contribution is -2.54. The highest BCUT2D eigenvalue weighted by molar-refractivity contribution is 5.83. The summed E-state index contributed by atoms with van der Waals surface area (Å²) in [5, 5.41) is 3.10. The Bertz CT molecular complexity index is 461. The molecule has 0 aromatic heterocycles. The van der Waals surface area contributed by atoms with E-state index in [-0.39, 0.29) is 11.4 Å². The van der Waals surface area contributed by atoms with Gasteiger partial charge in [-0.3, -0.25) is 4.79 Å². The van der Waals surface area contributed by atoms with Gasteiger partial charge in [-0.25, -0.2) is 0 Å². The van der Waals surface area contributed by atoms with Crippen LogP contribution >= 0.6 is 0 Å². The Kier molecular flexibility index (Phi) is 4.78. The number of benzene rings is 1. The van der Waals surface area contributed by atoms with Crippen LogP contribution in [0.2, 0.25) is 0 Å². The van der Waals surface area contributed by atoms with Crippen molar-refractivity contribution < 1.29 is 9.53 Å². The lowest BCUT2D eigenvalue weighted by molar-refractivity contribution is -0.136. The number of carbonyl (C=O) groups is 1. The highest BCUT2D eigenvalue weighted by Crippen LogP contribution is 2.28. The molecule has 3 N–H and O–H groups in total. The number of rotatable bonds is 5. The SMILES string of the molecule is CCC(CC)(CN)NC(=O)C1OCCc2ccccc21. The average Bonchev–Trinajstić information content (AvgIpc) is 2.52. The van der Waals surface area contributed by atoms with Crippen molar-refractivity contribution in [3.63, 3.8) is 0 Å². The maximum atomic E-state index is 12.6. The predicted octanol–water partition coefficient (Wildman–Crippen LogP) is 1.93. The maximum absolute atomic E-state index is 12.6. The molecule has 0 spiro atoms. The Morgan fingerprint density at radius 1 is 1.40 bits per heavy atom. The number of ether oxygens (including phenoxy) is 1. The van der Waals surface area contributed by atoms with Gasteiger partial charge >= 0.3 is 0 Å². The van der Waals surface area contributed by atoms with Gasteiger partial charge in [0.25, 0.3) is 5.91 Å². The summed E-state index contributed by atoms with van der Waals surface area (Å²) >= 11 is 0. The molecule has 0 bridgehead atoms. The molecule has 0 saturated heterocycles. The van der Waals surface area contributed by atoms with Crippen molar-refractivity contribution in [1.29, 1.82) is 0 Å². The maximum Gasteiger partial charge on any atom is 0.254 e. The molecule has 1 aliphatic heterocycles. The monoisotopic (exact) mass is 276 g/mol. The van der Waals surface area contributed by atoms with Crippen LogP contribution < -0.4 is 11.1 Å². The van der Waals surface area contributed by atoms with Gasteiger partial charge in [-0.1, -0.05) is 38.1 Å². The van der Waals surface area contributed by atoms with Gasteiger partial charge in [0.2, 0.25) is 0 Å². The minimum absolute atomic E-state index is 0.0775. The van der Waals surface area contributed by atoms with Crippen molar-refractivity contribution in [2.24, 2.45) is 5.73 Å². The van der Waals surface area contributed by atoms with Crippen LogP contribution in [0.3, 0.4) is 0 Å². The summed E-state index contributed by atoms with van der Waals surface area (Å²) in [6.07, 6.45) is 1.99. The van der Waals surface area contributed by atoms with Crippen LogP contribution in [0, 0.1) is 0 Å². The molecule has 1 heterocycles. The third-order valence-electron chi connectivity index (χ3n) is 4.36. The second-order valence-corrected chi connectivity index (χ2v) is 5.38. The van der Waals surface area contributed by atoms with E-state index < -0.39 is 6.10 Å². The van der Waals surface area contributed by atoms with Gasteiger partial charge in [0, 0.05) is 6.54 Å². The van der Waals surface area contributed by atoms with Crippen molar-refractivity contribution in [3.8, 4) is 0 Å². The Hall–Kier alpha value is -1.39. The summed E-state index contributed by atoms with van der Waals surface area (Å²) in [5.74, 6) is -0.0775. The van der Waals surface area contributed by atoms with E-state index in [1.165, 1.54) is 5.56 Å². The highest BCUT2D eigenvalue weighted by atomic mass is 16.5. The fourth-order valence-electron chi connectivity index (χ4n) is 2.70. The number of hydrogen-bond acceptors (Lipinski definition) is 3. The summed E-state index contributed by atoms with van der Waals surface area (Å²) in [5.41, 5.74) is 7.70. The molecular formula is C16H24N2O2. The molecular weight excluding hydrogens is 252 g/mol. The van der Waals surface area contributed by atoms with E-state index in [9.17, 15) is 4.79 Å². The minimum Gasteiger partial charge on any atom is -0.363 e. The quantitative estimate of drug-likeness (QED) is 0.863. The molecule has 1 amide bonds. The van der Waals surface area contributed by atoms with E-state index in [0.29, 0.717) is 13.2 Å². The molecule has 1 aromatic rings. The second-order valence-electron chi connectivity index (χ2n) is 5.38. The van der Waals surface area contributed by atoms with E-state index in [4.69, 9.17) is 10.5 Å². The van der Waals surface area contributed by atoms with Gasteiger partial charge in [-0.2, -0.15) is 0 Å². The minimum atomic E-state index is -0.510. The van der Waals surface area contributed by atoms with Crippen LogP contribution in [0.4, 0.5) is 0 Å². The molecule has 1 unspecified atom stereocenters. The van der Waals surface area contributed by atoms with Crippen LogP contribution in [0.25, 0.3) is 0 Å². The zero-order valence-corrected chi connectivity index (χ0v) is 12.3. The lowest BCUT2D eigenvalue weighted by Gasteiger charge is -2.34. The zero-order valence-electron chi connectivity index (χ0n) is 12.3. The topological polar surface area (TPSA) is 64.3 Å². The zero-order chi connectivity index (χ0) is 14.6. The first-order valence-electron chi connectivity index (χ1n) is 7.37. The molecule has 0 aliphatic carbocycles. The van der Waals surface area contributed by atoms with Crippen molar-refractivity contribution in [1.82, 2.24) is 5.32 Å². The normalized spacial score (nSPS) is 18.4. The number of hydrogen-bond donors (Lipinski definition) is 2. The smallest absolute Gasteiger partial charge is 0.254 e. The van der Waals surface area contributed by atoms with Crippen molar-refractivity contribution >= 4 is 5.91 Å². The standard InChI is InChI=1S/C16H24N2O2/c1-3-16(4-2,11-17)18-15(19)14-13-8-6-5-7-12(13)9-10-20-14/h5-8,14H,3-4,9-11,17H2,1-2H3,(H,18,19). The number of carbonyl (C=O) groups excluding carboxylic acids is 1. The fraction of sp³-hybridized carbons (Fsp3) is 0.562. The van der Waals surface area contributed by atoms with Gasteiger partial charge in [0.05, 0.1) is 12.1 Å². The summed E-state index contributed by atoms with van der Waals surface area (Å²) in [7, 11) is 0. The molecule has 0 fully saturated rings. The van der Waals surface area contributed by atoms with E-state index in [2.05, 4.69) is 11.4 Å². The first-order valence-corrected chi connectivity index (χ1v) is 7.37. The molecule has 2 rings (SSSR count). The summed E-state index contributed by atoms with van der Waals surface area (Å²) in [6, 6.07) is 7.99. The lowest BCUT2D eigenvalue weighted by atomic mass is 9.91. The predicted molar refractivity (Wildman–Crippen MR) is 79.3 cm³/mol. The van der Waals surface area contributed by atoms with Gasteiger partial charge in [-0.15, -0.1) is 0 Å². The van der Waals surface area contributed by atoms with Crippen molar-refractivity contribution in [2.75, 3.05) is 13.2 Å². The van der Waals surface area contributed by atoms with Crippen LogP contribution in [-0.2, 0) is 16.0 Å². The summed E-state index contributed by atoms with van der Waals surface area (Å²) in [6.45, 7) is 5.13. The third-order valence-corrected chi connectivity index (χ3v) is 4.36. The Labute approximate surface area is 120 Å². The summed E-state index contributed by atoms with van der Waals surface area (Å²) < 4.78 is 5.69. The molecule has 0 saturated carbocycles. The van der Waals surface area contributed by atoms with Crippen LogP contribution in [-0.4, -0.2) is 24.6 Å². The Morgan fingerprint density at radius 3 is 2.75 bits per heavy atom. The van der Waals surface area contributed by atoms with E-state index in [1.807, 2.05) is 32.0 Å². The third kappa shape index (κ3) is 2.86. The van der Waals surface area contributed by atoms with E-state index in [0.717, 1.165) is 24.8 Å². The molecule has 4 heteroatoms. The van der Waals surface area contributed by atoms with E-state index >= 15 is 0 Å². The first-order chi connectivity index (χ1) is 9.65. The molecule has 0 radical (unpaired) electrons. The van der Waals surface area contributed by atoms with Crippen LogP contribution in [0.15, 0.2) is 24.3 Å². The molecule has 1 aromatic carbocycles. The number of fused-ring (bicyclic) bond motifs is 1. The molecule has 1 atom stereocenters. The van der Waals surface area contributed by atoms with Gasteiger partial charge in [-0.05, 0) is 30.4 Å². The van der Waals surface area contributed by atoms with Crippen LogP contribution in [0.1, 0.15) is 43.9 Å². The number of nitrogens with two attached hydrogens (primary N) is 1. The van der Waals surface area contributed by atoms with Gasteiger partial charge in [0.15, 0.2) is 6.10 Å². The summed E-state index contributed by atoms with van der Waals surface area (Å²) in [4.78, 5) is 12.6. The fourth-order valence-corrected chi connectivity index (χ4v) is 2.70. The largest absolute Gasteiger partial charge is 0.363 e.